The van der Waals surface area contributed by atoms with Gasteiger partial charge in [-0.3, -0.25) is 4.79 Å². The van der Waals surface area contributed by atoms with Gasteiger partial charge in [-0.05, 0) is 69.3 Å². The fraction of sp³-hybridized carbons (Fsp3) is 0.750. The van der Waals surface area contributed by atoms with E-state index in [9.17, 15) is 4.79 Å². The SMILES string of the molecule is CCCCCCCCC=CCCCCCCCC(N)=O.CCCCCCCCCCCCN.Nc1ccc(O)cc1. The third kappa shape index (κ3) is 40.2. The van der Waals surface area contributed by atoms with Gasteiger partial charge in [0.25, 0.3) is 0 Å². The molecule has 0 bridgehead atoms. The molecular formula is C36H69N3O2. The Bertz CT molecular complexity index is 630. The molecule has 0 fully saturated rings. The van der Waals surface area contributed by atoms with E-state index in [-0.39, 0.29) is 11.7 Å². The summed E-state index contributed by atoms with van der Waals surface area (Å²) >= 11 is 0. The lowest BCUT2D eigenvalue weighted by Crippen LogP contribution is -2.09. The number of hydrogen-bond acceptors (Lipinski definition) is 4. The maximum Gasteiger partial charge on any atom is 0.217 e. The number of anilines is 1. The lowest BCUT2D eigenvalue weighted by Gasteiger charge is -2.00. The number of benzene rings is 1. The van der Waals surface area contributed by atoms with Gasteiger partial charge in [-0.1, -0.05) is 135 Å². The summed E-state index contributed by atoms with van der Waals surface area (Å²) in [4.78, 5) is 10.5. The van der Waals surface area contributed by atoms with Crippen LogP contribution in [-0.2, 0) is 4.79 Å². The number of allylic oxidation sites excluding steroid dienone is 2. The molecule has 0 radical (unpaired) electrons. The molecule has 41 heavy (non-hydrogen) atoms. The number of carbonyl (C=O) groups is 1. The van der Waals surface area contributed by atoms with E-state index in [0.29, 0.717) is 12.1 Å². The van der Waals surface area contributed by atoms with Crippen LogP contribution in [0.1, 0.15) is 168 Å². The van der Waals surface area contributed by atoms with Crippen molar-refractivity contribution in [2.45, 2.75) is 168 Å². The zero-order valence-electron chi connectivity index (χ0n) is 27.2. The fourth-order valence-corrected chi connectivity index (χ4v) is 4.48. The molecule has 240 valence electrons. The normalized spacial score (nSPS) is 10.6. The lowest BCUT2D eigenvalue weighted by molar-refractivity contribution is -0.118. The number of nitrogens with two attached hydrogens (primary N) is 3. The van der Waals surface area contributed by atoms with E-state index in [0.717, 1.165) is 19.4 Å². The number of primary amides is 1. The maximum absolute atomic E-state index is 10.5. The Morgan fingerprint density at radius 1 is 0.610 bits per heavy atom. The standard InChI is InChI=1S/C18H35NO.C12H27N.C6H7NO/c1-2-3-4-5-6-7-8-9-10-11-12-13-14-15-16-17-18(19)20;1-2-3-4-5-6-7-8-9-10-11-12-13;7-5-1-3-6(8)4-2-5/h9-10H,2-8,11-17H2,1H3,(H2,19,20);2-13H2,1H3;1-4,8H,7H2. The van der Waals surface area contributed by atoms with E-state index >= 15 is 0 Å². The first kappa shape index (κ1) is 41.1. The molecule has 0 atom stereocenters. The molecule has 1 aromatic rings. The molecule has 5 heteroatoms. The molecule has 0 saturated carbocycles. The van der Waals surface area contributed by atoms with Crippen LogP contribution in [-0.4, -0.2) is 17.6 Å². The highest BCUT2D eigenvalue weighted by atomic mass is 16.3. The maximum atomic E-state index is 10.5. The summed E-state index contributed by atoms with van der Waals surface area (Å²) in [5, 5.41) is 8.70. The number of rotatable bonds is 25. The Kier molecular flexibility index (Phi) is 36.1. The molecule has 0 unspecified atom stereocenters. The van der Waals surface area contributed by atoms with Crippen molar-refractivity contribution in [1.29, 1.82) is 0 Å². The summed E-state index contributed by atoms with van der Waals surface area (Å²) in [7, 11) is 0. The van der Waals surface area contributed by atoms with Gasteiger partial charge in [-0.25, -0.2) is 0 Å². The summed E-state index contributed by atoms with van der Waals surface area (Å²) in [5.41, 5.74) is 16.5. The van der Waals surface area contributed by atoms with Gasteiger partial charge in [0.1, 0.15) is 5.75 Å². The number of amides is 1. The van der Waals surface area contributed by atoms with E-state index in [1.54, 1.807) is 24.3 Å². The second kappa shape index (κ2) is 36.0. The van der Waals surface area contributed by atoms with Gasteiger partial charge in [0.15, 0.2) is 0 Å². The van der Waals surface area contributed by atoms with Crippen LogP contribution in [0.2, 0.25) is 0 Å². The first-order valence-corrected chi connectivity index (χ1v) is 17.2. The molecular weight excluding hydrogens is 506 g/mol. The Balaban J connectivity index is 0. The third-order valence-electron chi connectivity index (χ3n) is 7.14. The van der Waals surface area contributed by atoms with E-state index in [4.69, 9.17) is 22.3 Å². The molecule has 0 heterocycles. The van der Waals surface area contributed by atoms with Crippen LogP contribution in [0, 0.1) is 0 Å². The molecule has 7 N–H and O–H groups in total. The highest BCUT2D eigenvalue weighted by Gasteiger charge is 1.94. The number of hydrogen-bond donors (Lipinski definition) is 4. The van der Waals surface area contributed by atoms with Crippen molar-refractivity contribution in [1.82, 2.24) is 0 Å². The quantitative estimate of drug-likeness (QED) is 0.0401. The average molecular weight is 576 g/mol. The zero-order valence-corrected chi connectivity index (χ0v) is 27.2. The average Bonchev–Trinajstić information content (AvgIpc) is 2.96. The van der Waals surface area contributed by atoms with Crippen molar-refractivity contribution in [2.24, 2.45) is 11.5 Å². The summed E-state index contributed by atoms with van der Waals surface area (Å²) in [6.07, 6.45) is 35.9. The third-order valence-corrected chi connectivity index (χ3v) is 7.14. The summed E-state index contributed by atoms with van der Waals surface area (Å²) in [5.74, 6) is 0.0850. The Morgan fingerprint density at radius 2 is 0.976 bits per heavy atom. The van der Waals surface area contributed by atoms with Crippen LogP contribution >= 0.6 is 0 Å². The van der Waals surface area contributed by atoms with Gasteiger partial charge in [0.05, 0.1) is 0 Å². The molecule has 1 aromatic carbocycles. The number of nitrogen functional groups attached to an aromatic ring is 1. The van der Waals surface area contributed by atoms with E-state index in [2.05, 4.69) is 26.0 Å². The number of phenols is 1. The van der Waals surface area contributed by atoms with Crippen LogP contribution in [0.25, 0.3) is 0 Å². The van der Waals surface area contributed by atoms with Gasteiger partial charge in [0.2, 0.25) is 5.91 Å². The zero-order chi connectivity index (χ0) is 30.7. The molecule has 0 saturated heterocycles. The predicted octanol–water partition coefficient (Wildman–Crippen LogP) is 10.3. The van der Waals surface area contributed by atoms with Crippen LogP contribution in [0.4, 0.5) is 5.69 Å². The van der Waals surface area contributed by atoms with E-state index < -0.39 is 0 Å². The van der Waals surface area contributed by atoms with Crippen LogP contribution < -0.4 is 17.2 Å². The smallest absolute Gasteiger partial charge is 0.217 e. The molecule has 1 amide bonds. The van der Waals surface area contributed by atoms with Gasteiger partial charge >= 0.3 is 0 Å². The number of aromatic hydroxyl groups is 1. The molecule has 0 aliphatic rings. The minimum absolute atomic E-state index is 0.164. The second-order valence-electron chi connectivity index (χ2n) is 11.4. The van der Waals surface area contributed by atoms with Crippen molar-refractivity contribution in [3.8, 4) is 5.75 Å². The van der Waals surface area contributed by atoms with Crippen molar-refractivity contribution in [3.63, 3.8) is 0 Å². The van der Waals surface area contributed by atoms with Gasteiger partial charge in [-0.2, -0.15) is 0 Å². The van der Waals surface area contributed by atoms with E-state index in [1.807, 2.05) is 0 Å². The Hall–Kier alpha value is -2.01. The topological polar surface area (TPSA) is 115 Å². The van der Waals surface area contributed by atoms with Gasteiger partial charge < -0.3 is 22.3 Å². The molecule has 0 aliphatic carbocycles. The van der Waals surface area contributed by atoms with E-state index in [1.165, 1.54) is 135 Å². The molecule has 0 aliphatic heterocycles. The van der Waals surface area contributed by atoms with Crippen molar-refractivity contribution in [2.75, 3.05) is 12.3 Å². The molecule has 5 nitrogen and oxygen atoms in total. The van der Waals surface area contributed by atoms with Crippen molar-refractivity contribution < 1.29 is 9.90 Å². The Labute approximate surface area is 255 Å². The fourth-order valence-electron chi connectivity index (χ4n) is 4.48. The minimum atomic E-state index is -0.164. The number of phenolic OH excluding ortho intramolecular Hbond substituents is 1. The first-order chi connectivity index (χ1) is 20.0. The number of unbranched alkanes of at least 4 members (excludes halogenated alkanes) is 20. The van der Waals surface area contributed by atoms with Gasteiger partial charge in [-0.15, -0.1) is 0 Å². The van der Waals surface area contributed by atoms with Crippen LogP contribution in [0.3, 0.4) is 0 Å². The highest BCUT2D eigenvalue weighted by molar-refractivity contribution is 5.73. The lowest BCUT2D eigenvalue weighted by atomic mass is 10.1. The van der Waals surface area contributed by atoms with Crippen molar-refractivity contribution >= 4 is 11.6 Å². The summed E-state index contributed by atoms with van der Waals surface area (Å²) in [6, 6.07) is 6.40. The monoisotopic (exact) mass is 576 g/mol. The van der Waals surface area contributed by atoms with Crippen LogP contribution in [0.15, 0.2) is 36.4 Å². The highest BCUT2D eigenvalue weighted by Crippen LogP contribution is 2.11. The van der Waals surface area contributed by atoms with Crippen molar-refractivity contribution in [3.05, 3.63) is 36.4 Å². The van der Waals surface area contributed by atoms with Gasteiger partial charge in [0, 0.05) is 12.1 Å². The second-order valence-corrected chi connectivity index (χ2v) is 11.4. The first-order valence-electron chi connectivity index (χ1n) is 17.2. The molecule has 0 aromatic heterocycles. The minimum Gasteiger partial charge on any atom is -0.508 e. The molecule has 1 rings (SSSR count). The summed E-state index contributed by atoms with van der Waals surface area (Å²) in [6.45, 7) is 5.41. The summed E-state index contributed by atoms with van der Waals surface area (Å²) < 4.78 is 0. The molecule has 0 spiro atoms. The largest absolute Gasteiger partial charge is 0.508 e. The predicted molar refractivity (Wildman–Crippen MR) is 182 cm³/mol. The van der Waals surface area contributed by atoms with Crippen LogP contribution in [0.5, 0.6) is 5.75 Å². The number of carbonyl (C=O) groups excluding carboxylic acids is 1. The Morgan fingerprint density at radius 3 is 1.34 bits per heavy atom.